The molecule has 5 nitrogen and oxygen atoms in total. The maximum absolute atomic E-state index is 12.1. The zero-order valence-electron chi connectivity index (χ0n) is 18.6. The first-order valence-electron chi connectivity index (χ1n) is 10.7. The van der Waals surface area contributed by atoms with Crippen LogP contribution in [0.1, 0.15) is 44.7 Å². The number of carbonyl (C=O) groups excluding carboxylic acids is 1. The number of carbonyl (C=O) groups is 1. The first-order chi connectivity index (χ1) is 14.3. The van der Waals surface area contributed by atoms with Gasteiger partial charge in [0.15, 0.2) is 6.61 Å². The minimum absolute atomic E-state index is 0.00614. The van der Waals surface area contributed by atoms with Gasteiger partial charge in [-0.05, 0) is 60.7 Å². The highest BCUT2D eigenvalue weighted by Crippen LogP contribution is 2.24. The van der Waals surface area contributed by atoms with Gasteiger partial charge < -0.3 is 19.7 Å². The van der Waals surface area contributed by atoms with Gasteiger partial charge in [-0.15, -0.1) is 0 Å². The third-order valence-electron chi connectivity index (χ3n) is 5.47. The fourth-order valence-corrected chi connectivity index (χ4v) is 3.43. The van der Waals surface area contributed by atoms with E-state index in [1.807, 2.05) is 48.5 Å². The summed E-state index contributed by atoms with van der Waals surface area (Å²) in [5, 5.41) is 2.90. The highest BCUT2D eigenvalue weighted by atomic mass is 16.5. The largest absolute Gasteiger partial charge is 0.490 e. The molecule has 0 saturated carbocycles. The summed E-state index contributed by atoms with van der Waals surface area (Å²) in [6.07, 6.45) is 2.42. The van der Waals surface area contributed by atoms with E-state index in [-0.39, 0.29) is 17.9 Å². The van der Waals surface area contributed by atoms with Gasteiger partial charge in [-0.25, -0.2) is 0 Å². The quantitative estimate of drug-likeness (QED) is 0.745. The summed E-state index contributed by atoms with van der Waals surface area (Å²) in [7, 11) is 2.15. The molecule has 1 amide bonds. The molecule has 3 rings (SSSR count). The predicted octanol–water partition coefficient (Wildman–Crippen LogP) is 4.15. The van der Waals surface area contributed by atoms with Crippen molar-refractivity contribution in [3.05, 3.63) is 59.7 Å². The highest BCUT2D eigenvalue weighted by Gasteiger charge is 2.18. The lowest BCUT2D eigenvalue weighted by Crippen LogP contribution is -2.35. The zero-order chi connectivity index (χ0) is 21.6. The molecular formula is C25H34N2O3. The van der Waals surface area contributed by atoms with E-state index in [0.717, 1.165) is 37.2 Å². The number of hydrogen-bond acceptors (Lipinski definition) is 4. The Labute approximate surface area is 180 Å². The number of hydrogen-bond donors (Lipinski definition) is 1. The molecular weight excluding hydrogens is 376 g/mol. The first-order valence-corrected chi connectivity index (χ1v) is 10.7. The van der Waals surface area contributed by atoms with Gasteiger partial charge in [-0.3, -0.25) is 4.79 Å². The topological polar surface area (TPSA) is 50.8 Å². The van der Waals surface area contributed by atoms with Crippen LogP contribution in [0.25, 0.3) is 0 Å². The molecule has 1 N–H and O–H groups in total. The number of nitrogens with one attached hydrogen (secondary N) is 1. The van der Waals surface area contributed by atoms with Crippen LogP contribution in [-0.2, 0) is 16.8 Å². The molecule has 5 heteroatoms. The van der Waals surface area contributed by atoms with Gasteiger partial charge in [-0.1, -0.05) is 45.0 Å². The van der Waals surface area contributed by atoms with Crippen LogP contribution in [0.4, 0.5) is 0 Å². The Hall–Kier alpha value is -2.53. The predicted molar refractivity (Wildman–Crippen MR) is 120 cm³/mol. The lowest BCUT2D eigenvalue weighted by atomic mass is 9.87. The van der Waals surface area contributed by atoms with Crippen LogP contribution in [-0.4, -0.2) is 43.7 Å². The van der Waals surface area contributed by atoms with Crippen LogP contribution in [0.15, 0.2) is 48.5 Å². The summed E-state index contributed by atoms with van der Waals surface area (Å²) in [5.74, 6) is 1.46. The molecule has 0 bridgehead atoms. The molecule has 0 spiro atoms. The van der Waals surface area contributed by atoms with Gasteiger partial charge in [0.2, 0.25) is 0 Å². The molecule has 0 aromatic heterocycles. The van der Waals surface area contributed by atoms with Crippen molar-refractivity contribution in [2.24, 2.45) is 0 Å². The molecule has 1 aliphatic rings. The van der Waals surface area contributed by atoms with Crippen molar-refractivity contribution in [1.82, 2.24) is 10.2 Å². The van der Waals surface area contributed by atoms with Gasteiger partial charge in [0, 0.05) is 19.6 Å². The second kappa shape index (κ2) is 9.98. The monoisotopic (exact) mass is 410 g/mol. The SMILES string of the molecule is CN1CCC(Oc2ccc(CNC(=O)COc3ccc(C(C)(C)C)cc3)cc2)CC1. The minimum Gasteiger partial charge on any atom is -0.490 e. The van der Waals surface area contributed by atoms with Crippen molar-refractivity contribution in [3.63, 3.8) is 0 Å². The molecule has 2 aromatic carbocycles. The van der Waals surface area contributed by atoms with Crippen LogP contribution in [0, 0.1) is 0 Å². The summed E-state index contributed by atoms with van der Waals surface area (Å²) < 4.78 is 11.7. The summed E-state index contributed by atoms with van der Waals surface area (Å²) in [6.45, 7) is 9.15. The summed E-state index contributed by atoms with van der Waals surface area (Å²) in [6, 6.07) is 15.9. The van der Waals surface area contributed by atoms with Crippen LogP contribution >= 0.6 is 0 Å². The molecule has 0 radical (unpaired) electrons. The number of rotatable bonds is 7. The number of likely N-dealkylation sites (tertiary alicyclic amines) is 1. The van der Waals surface area contributed by atoms with Crippen molar-refractivity contribution in [2.75, 3.05) is 26.7 Å². The zero-order valence-corrected chi connectivity index (χ0v) is 18.6. The third kappa shape index (κ3) is 6.77. The fourth-order valence-electron chi connectivity index (χ4n) is 3.43. The van der Waals surface area contributed by atoms with E-state index < -0.39 is 0 Å². The van der Waals surface area contributed by atoms with Crippen molar-refractivity contribution in [1.29, 1.82) is 0 Å². The number of piperidine rings is 1. The van der Waals surface area contributed by atoms with Gasteiger partial charge in [0.25, 0.3) is 5.91 Å². The summed E-state index contributed by atoms with van der Waals surface area (Å²) >= 11 is 0. The van der Waals surface area contributed by atoms with Crippen LogP contribution in [0.3, 0.4) is 0 Å². The van der Waals surface area contributed by atoms with Crippen LogP contribution < -0.4 is 14.8 Å². The van der Waals surface area contributed by atoms with E-state index >= 15 is 0 Å². The Kier molecular flexibility index (Phi) is 7.38. The summed E-state index contributed by atoms with van der Waals surface area (Å²) in [5.41, 5.74) is 2.38. The molecule has 30 heavy (non-hydrogen) atoms. The van der Waals surface area contributed by atoms with Crippen LogP contribution in [0.5, 0.6) is 11.5 Å². The minimum atomic E-state index is -0.137. The molecule has 0 atom stereocenters. The Bertz CT molecular complexity index is 802. The van der Waals surface area contributed by atoms with Gasteiger partial charge in [0.1, 0.15) is 17.6 Å². The number of ether oxygens (including phenoxy) is 2. The van der Waals surface area contributed by atoms with Crippen molar-refractivity contribution in [2.45, 2.75) is 51.7 Å². The fraction of sp³-hybridized carbons (Fsp3) is 0.480. The van der Waals surface area contributed by atoms with Gasteiger partial charge >= 0.3 is 0 Å². The van der Waals surface area contributed by atoms with E-state index in [9.17, 15) is 4.79 Å². The maximum atomic E-state index is 12.1. The molecule has 2 aromatic rings. The second-order valence-corrected chi connectivity index (χ2v) is 9.10. The third-order valence-corrected chi connectivity index (χ3v) is 5.47. The van der Waals surface area contributed by atoms with E-state index in [0.29, 0.717) is 18.4 Å². The smallest absolute Gasteiger partial charge is 0.258 e. The van der Waals surface area contributed by atoms with Gasteiger partial charge in [0.05, 0.1) is 0 Å². The van der Waals surface area contributed by atoms with E-state index in [1.165, 1.54) is 5.56 Å². The lowest BCUT2D eigenvalue weighted by molar-refractivity contribution is -0.123. The van der Waals surface area contributed by atoms with Crippen LogP contribution in [0.2, 0.25) is 0 Å². The molecule has 0 unspecified atom stereocenters. The van der Waals surface area contributed by atoms with Gasteiger partial charge in [-0.2, -0.15) is 0 Å². The molecule has 1 aliphatic heterocycles. The molecule has 162 valence electrons. The molecule has 1 saturated heterocycles. The second-order valence-electron chi connectivity index (χ2n) is 9.10. The highest BCUT2D eigenvalue weighted by molar-refractivity contribution is 5.77. The Morgan fingerprint density at radius 1 is 1.00 bits per heavy atom. The molecule has 0 aliphatic carbocycles. The van der Waals surface area contributed by atoms with Crippen molar-refractivity contribution >= 4 is 5.91 Å². The Morgan fingerprint density at radius 2 is 1.60 bits per heavy atom. The Morgan fingerprint density at radius 3 is 2.20 bits per heavy atom. The molecule has 1 fully saturated rings. The molecule has 1 heterocycles. The first kappa shape index (κ1) is 22.2. The summed E-state index contributed by atoms with van der Waals surface area (Å²) in [4.78, 5) is 14.4. The number of nitrogens with zero attached hydrogens (tertiary/aromatic N) is 1. The normalized spacial score (nSPS) is 15.6. The average molecular weight is 411 g/mol. The Balaban J connectivity index is 1.39. The standard InChI is InChI=1S/C25H34N2O3/c1-25(2,3)20-7-11-21(12-8-20)29-18-24(28)26-17-19-5-9-22(10-6-19)30-23-13-15-27(4)16-14-23/h5-12,23H,13-18H2,1-4H3,(H,26,28). The van der Waals surface area contributed by atoms with Crippen molar-refractivity contribution in [3.8, 4) is 11.5 Å². The maximum Gasteiger partial charge on any atom is 0.258 e. The van der Waals surface area contributed by atoms with E-state index in [4.69, 9.17) is 9.47 Å². The van der Waals surface area contributed by atoms with E-state index in [2.05, 4.69) is 38.0 Å². The number of benzene rings is 2. The average Bonchev–Trinajstić information content (AvgIpc) is 2.73. The lowest BCUT2D eigenvalue weighted by Gasteiger charge is -2.29. The number of amides is 1. The van der Waals surface area contributed by atoms with E-state index in [1.54, 1.807) is 0 Å². The van der Waals surface area contributed by atoms with Crippen molar-refractivity contribution < 1.29 is 14.3 Å².